The Labute approximate surface area is 192 Å². The fraction of sp³-hybridized carbons (Fsp3) is 0.417. The molecular weight excluding hydrogens is 428 g/mol. The fourth-order valence-electron chi connectivity index (χ4n) is 3.81. The van der Waals surface area contributed by atoms with E-state index in [-0.39, 0.29) is 23.7 Å². The van der Waals surface area contributed by atoms with Crippen molar-refractivity contribution in [2.45, 2.75) is 31.7 Å². The largest absolute Gasteiger partial charge is 0.493 e. The first-order chi connectivity index (χ1) is 16.0. The summed E-state index contributed by atoms with van der Waals surface area (Å²) in [7, 11) is 4.30. The van der Waals surface area contributed by atoms with Crippen LogP contribution < -0.4 is 14.2 Å². The highest BCUT2D eigenvalue weighted by Crippen LogP contribution is 2.38. The van der Waals surface area contributed by atoms with Gasteiger partial charge in [0.05, 0.1) is 27.9 Å². The summed E-state index contributed by atoms with van der Waals surface area (Å²) in [5.41, 5.74) is 1.15. The van der Waals surface area contributed by atoms with Crippen LogP contribution in [-0.2, 0) is 20.7 Å². The lowest BCUT2D eigenvalue weighted by Crippen LogP contribution is -2.44. The van der Waals surface area contributed by atoms with E-state index in [1.165, 1.54) is 38.4 Å². The van der Waals surface area contributed by atoms with E-state index < -0.39 is 23.7 Å². The van der Waals surface area contributed by atoms with E-state index in [0.29, 0.717) is 31.6 Å². The quantitative estimate of drug-likeness (QED) is 0.232. The molecule has 176 valence electrons. The standard InChI is InChI=1S/C24H28N2O7/c1-30-19-13-17(14-20(31-2)22(19)32-3)21(27)23(28)26-11-5-9-18(26)24(29)33-12-6-8-16-7-4-10-25-15-16/h4,7,10,13-15,18H,5-6,8-9,11-12H2,1-3H3/t18-/m0/s1. The van der Waals surface area contributed by atoms with E-state index in [0.717, 1.165) is 12.0 Å². The summed E-state index contributed by atoms with van der Waals surface area (Å²) >= 11 is 0. The zero-order valence-electron chi connectivity index (χ0n) is 19.0. The Balaban J connectivity index is 1.64. The Morgan fingerprint density at radius 3 is 2.42 bits per heavy atom. The van der Waals surface area contributed by atoms with Crippen molar-refractivity contribution in [2.75, 3.05) is 34.5 Å². The van der Waals surface area contributed by atoms with Gasteiger partial charge in [-0.3, -0.25) is 14.6 Å². The van der Waals surface area contributed by atoms with Gasteiger partial charge in [-0.15, -0.1) is 0 Å². The van der Waals surface area contributed by atoms with Crippen LogP contribution >= 0.6 is 0 Å². The third-order valence-corrected chi connectivity index (χ3v) is 5.48. The highest BCUT2D eigenvalue weighted by Gasteiger charge is 2.38. The second-order valence-corrected chi connectivity index (χ2v) is 7.53. The summed E-state index contributed by atoms with van der Waals surface area (Å²) in [6.07, 6.45) is 5.92. The van der Waals surface area contributed by atoms with Gasteiger partial charge in [0.2, 0.25) is 5.75 Å². The Bertz CT molecular complexity index is 969. The number of carbonyl (C=O) groups excluding carboxylic acids is 3. The molecule has 0 aliphatic carbocycles. The van der Waals surface area contributed by atoms with E-state index in [1.807, 2.05) is 12.1 Å². The number of rotatable bonds is 10. The van der Waals surface area contributed by atoms with E-state index >= 15 is 0 Å². The molecule has 1 atom stereocenters. The van der Waals surface area contributed by atoms with Crippen molar-refractivity contribution in [1.29, 1.82) is 0 Å². The van der Waals surface area contributed by atoms with Crippen molar-refractivity contribution < 1.29 is 33.3 Å². The maximum absolute atomic E-state index is 13.0. The van der Waals surface area contributed by atoms with Gasteiger partial charge in [-0.05, 0) is 49.4 Å². The topological polar surface area (TPSA) is 104 Å². The molecule has 1 aliphatic heterocycles. The van der Waals surface area contributed by atoms with Crippen molar-refractivity contribution in [3.63, 3.8) is 0 Å². The molecule has 1 aromatic heterocycles. The second kappa shape index (κ2) is 11.3. The number of hydrogen-bond acceptors (Lipinski definition) is 8. The number of esters is 1. The molecule has 0 N–H and O–H groups in total. The maximum Gasteiger partial charge on any atom is 0.328 e. The number of methoxy groups -OCH3 is 3. The SMILES string of the molecule is COc1cc(C(=O)C(=O)N2CCC[C@H]2C(=O)OCCCc2cccnc2)cc(OC)c1OC. The number of benzene rings is 1. The molecular formula is C24H28N2O7. The van der Waals surface area contributed by atoms with Crippen molar-refractivity contribution in [3.05, 3.63) is 47.8 Å². The second-order valence-electron chi connectivity index (χ2n) is 7.53. The number of hydrogen-bond donors (Lipinski definition) is 0. The number of pyridine rings is 1. The van der Waals surface area contributed by atoms with Crippen LogP contribution in [0.1, 0.15) is 35.2 Å². The molecule has 0 spiro atoms. The summed E-state index contributed by atoms with van der Waals surface area (Å²) < 4.78 is 21.2. The fourth-order valence-corrected chi connectivity index (χ4v) is 3.81. The van der Waals surface area contributed by atoms with Gasteiger partial charge in [-0.1, -0.05) is 6.07 Å². The van der Waals surface area contributed by atoms with Gasteiger partial charge in [-0.2, -0.15) is 0 Å². The van der Waals surface area contributed by atoms with Gasteiger partial charge in [0, 0.05) is 24.5 Å². The number of Topliss-reactive ketones (excluding diaryl/α,β-unsaturated/α-hetero) is 1. The van der Waals surface area contributed by atoms with Gasteiger partial charge < -0.3 is 23.8 Å². The molecule has 2 aromatic rings. The minimum absolute atomic E-state index is 0.0880. The van der Waals surface area contributed by atoms with E-state index in [1.54, 1.807) is 12.4 Å². The van der Waals surface area contributed by atoms with Crippen LogP contribution in [0.3, 0.4) is 0 Å². The number of ketones is 1. The molecule has 9 heteroatoms. The lowest BCUT2D eigenvalue weighted by atomic mass is 10.1. The van der Waals surface area contributed by atoms with Crippen molar-refractivity contribution in [3.8, 4) is 17.2 Å². The zero-order valence-corrected chi connectivity index (χ0v) is 19.0. The Morgan fingerprint density at radius 2 is 1.82 bits per heavy atom. The number of aryl methyl sites for hydroxylation is 1. The Hall–Kier alpha value is -3.62. The normalized spacial score (nSPS) is 15.1. The Morgan fingerprint density at radius 1 is 1.09 bits per heavy atom. The minimum Gasteiger partial charge on any atom is -0.493 e. The average Bonchev–Trinajstić information content (AvgIpc) is 3.35. The van der Waals surface area contributed by atoms with Gasteiger partial charge >= 0.3 is 5.97 Å². The summed E-state index contributed by atoms with van der Waals surface area (Å²) in [5.74, 6) is -1.18. The monoisotopic (exact) mass is 456 g/mol. The van der Waals surface area contributed by atoms with Gasteiger partial charge in [0.25, 0.3) is 11.7 Å². The lowest BCUT2D eigenvalue weighted by molar-refractivity contribution is -0.152. The molecule has 9 nitrogen and oxygen atoms in total. The molecule has 2 heterocycles. The summed E-state index contributed by atoms with van der Waals surface area (Å²) in [4.78, 5) is 43.9. The average molecular weight is 456 g/mol. The van der Waals surface area contributed by atoms with Gasteiger partial charge in [0.15, 0.2) is 11.5 Å². The van der Waals surface area contributed by atoms with Crippen molar-refractivity contribution >= 4 is 17.7 Å². The van der Waals surface area contributed by atoms with Crippen LogP contribution in [-0.4, -0.2) is 68.1 Å². The first-order valence-electron chi connectivity index (χ1n) is 10.7. The lowest BCUT2D eigenvalue weighted by Gasteiger charge is -2.23. The molecule has 0 bridgehead atoms. The predicted molar refractivity (Wildman–Crippen MR) is 119 cm³/mol. The molecule has 1 aliphatic rings. The van der Waals surface area contributed by atoms with Crippen LogP contribution in [0.25, 0.3) is 0 Å². The molecule has 3 rings (SSSR count). The van der Waals surface area contributed by atoms with Crippen LogP contribution in [0.4, 0.5) is 0 Å². The van der Waals surface area contributed by atoms with E-state index in [9.17, 15) is 14.4 Å². The number of nitrogens with zero attached hydrogens (tertiary/aromatic N) is 2. The molecule has 33 heavy (non-hydrogen) atoms. The smallest absolute Gasteiger partial charge is 0.328 e. The highest BCUT2D eigenvalue weighted by molar-refractivity contribution is 6.43. The predicted octanol–water partition coefficient (Wildman–Crippen LogP) is 2.46. The molecule has 1 amide bonds. The number of likely N-dealkylation sites (tertiary alicyclic amines) is 1. The number of carbonyl (C=O) groups is 3. The van der Waals surface area contributed by atoms with Crippen molar-refractivity contribution in [2.24, 2.45) is 0 Å². The first-order valence-corrected chi connectivity index (χ1v) is 10.7. The number of aromatic nitrogens is 1. The van der Waals surface area contributed by atoms with Gasteiger partial charge in [-0.25, -0.2) is 4.79 Å². The van der Waals surface area contributed by atoms with Gasteiger partial charge in [0.1, 0.15) is 6.04 Å². The van der Waals surface area contributed by atoms with Crippen LogP contribution in [0, 0.1) is 0 Å². The molecule has 0 unspecified atom stereocenters. The first kappa shape index (κ1) is 24.0. The minimum atomic E-state index is -0.776. The molecule has 1 saturated heterocycles. The maximum atomic E-state index is 13.0. The molecule has 0 radical (unpaired) electrons. The van der Waals surface area contributed by atoms with E-state index in [2.05, 4.69) is 4.98 Å². The molecule has 1 aromatic carbocycles. The molecule has 1 fully saturated rings. The number of ether oxygens (including phenoxy) is 4. The molecule has 0 saturated carbocycles. The summed E-state index contributed by atoms with van der Waals surface area (Å²) in [6, 6.07) is 5.88. The third-order valence-electron chi connectivity index (χ3n) is 5.48. The summed E-state index contributed by atoms with van der Waals surface area (Å²) in [6.45, 7) is 0.539. The third kappa shape index (κ3) is 5.60. The summed E-state index contributed by atoms with van der Waals surface area (Å²) in [5, 5.41) is 0. The van der Waals surface area contributed by atoms with Crippen molar-refractivity contribution in [1.82, 2.24) is 9.88 Å². The van der Waals surface area contributed by atoms with E-state index in [4.69, 9.17) is 18.9 Å². The zero-order chi connectivity index (χ0) is 23.8. The Kier molecular flexibility index (Phi) is 8.23. The highest BCUT2D eigenvalue weighted by atomic mass is 16.5. The van der Waals surface area contributed by atoms with Crippen LogP contribution in [0.15, 0.2) is 36.7 Å². The van der Waals surface area contributed by atoms with Crippen LogP contribution in [0.2, 0.25) is 0 Å². The van der Waals surface area contributed by atoms with Crippen LogP contribution in [0.5, 0.6) is 17.2 Å². The number of amides is 1.